The average Bonchev–Trinajstić information content (AvgIpc) is 2.65. The van der Waals surface area contributed by atoms with Gasteiger partial charge in [-0.25, -0.2) is 0 Å². The molecule has 1 N–H and O–H groups in total. The third-order valence-corrected chi connectivity index (χ3v) is 5.53. The molecule has 1 aliphatic heterocycles. The molecule has 1 saturated heterocycles. The second kappa shape index (κ2) is 11.1. The van der Waals surface area contributed by atoms with Crippen LogP contribution in [-0.4, -0.2) is 60.2 Å². The summed E-state index contributed by atoms with van der Waals surface area (Å²) in [6, 6.07) is 6.83. The molecule has 1 fully saturated rings. The Kier molecular flexibility index (Phi) is 8.88. The third-order valence-electron chi connectivity index (χ3n) is 4.34. The van der Waals surface area contributed by atoms with Crippen LogP contribution < -0.4 is 5.32 Å². The van der Waals surface area contributed by atoms with Gasteiger partial charge in [0.25, 0.3) is 0 Å². The Balaban J connectivity index is 2.43. The molecule has 0 bridgehead atoms. The fourth-order valence-electron chi connectivity index (χ4n) is 3.14. The lowest BCUT2D eigenvalue weighted by Crippen LogP contribution is -2.65. The fraction of sp³-hybridized carbons (Fsp3) is 0.524. The van der Waals surface area contributed by atoms with Crippen LogP contribution in [0.5, 0.6) is 0 Å². The molecular weight excluding hydrogens is 426 g/mol. The van der Waals surface area contributed by atoms with Gasteiger partial charge in [-0.2, -0.15) is 0 Å². The Bertz CT molecular complexity index is 812. The number of carbonyl (C=O) groups is 4. The predicted molar refractivity (Wildman–Crippen MR) is 111 cm³/mol. The molecule has 0 spiro atoms. The highest BCUT2D eigenvalue weighted by Gasteiger charge is 2.51. The molecule has 2 rings (SSSR count). The van der Waals surface area contributed by atoms with Gasteiger partial charge in [0.05, 0.1) is 0 Å². The lowest BCUT2D eigenvalue weighted by atomic mass is 9.97. The molecule has 31 heavy (non-hydrogen) atoms. The molecule has 1 amide bonds. The van der Waals surface area contributed by atoms with E-state index in [-0.39, 0.29) is 12.5 Å². The number of hydrogen-bond acceptors (Lipinski definition) is 9. The van der Waals surface area contributed by atoms with Gasteiger partial charge in [0, 0.05) is 32.6 Å². The number of thioether (sulfide) groups is 1. The minimum absolute atomic E-state index is 0.219. The number of hydrogen-bond donors (Lipinski definition) is 1. The zero-order valence-corrected chi connectivity index (χ0v) is 18.9. The molecule has 0 aromatic heterocycles. The molecule has 1 aliphatic rings. The number of benzene rings is 1. The van der Waals surface area contributed by atoms with E-state index in [1.54, 1.807) is 0 Å². The van der Waals surface area contributed by atoms with E-state index in [4.69, 9.17) is 18.9 Å². The van der Waals surface area contributed by atoms with Crippen molar-refractivity contribution in [3.05, 3.63) is 29.8 Å². The van der Waals surface area contributed by atoms with Crippen molar-refractivity contribution in [2.75, 3.05) is 6.61 Å². The Morgan fingerprint density at radius 3 is 2.03 bits per heavy atom. The maximum absolute atomic E-state index is 11.9. The largest absolute Gasteiger partial charge is 0.463 e. The Hall–Kier alpha value is -2.59. The molecule has 1 aromatic carbocycles. The molecule has 1 unspecified atom stereocenters. The highest BCUT2D eigenvalue weighted by atomic mass is 32.2. The van der Waals surface area contributed by atoms with Crippen LogP contribution in [0.3, 0.4) is 0 Å². The smallest absolute Gasteiger partial charge is 0.303 e. The van der Waals surface area contributed by atoms with E-state index in [0.717, 1.165) is 10.5 Å². The quantitative estimate of drug-likeness (QED) is 0.486. The minimum atomic E-state index is -1.09. The first-order chi connectivity index (χ1) is 14.6. The Morgan fingerprint density at radius 2 is 1.52 bits per heavy atom. The SMILES string of the molecule is CC(=O)N[C@H]1C(Sc2ccc(C)cc2)O[C@H](COC(C)=O)[C@H](OC(C)=O)[C@@H]1OC(C)=O. The maximum atomic E-state index is 11.9. The van der Waals surface area contributed by atoms with E-state index in [9.17, 15) is 19.2 Å². The monoisotopic (exact) mass is 453 g/mol. The van der Waals surface area contributed by atoms with Crippen LogP contribution in [0.15, 0.2) is 29.2 Å². The van der Waals surface area contributed by atoms with Crippen molar-refractivity contribution in [2.45, 2.75) is 69.3 Å². The number of amides is 1. The van der Waals surface area contributed by atoms with E-state index in [2.05, 4.69) is 5.32 Å². The molecule has 5 atom stereocenters. The molecule has 0 saturated carbocycles. The topological polar surface area (TPSA) is 117 Å². The van der Waals surface area contributed by atoms with Crippen LogP contribution in [0.1, 0.15) is 33.3 Å². The van der Waals surface area contributed by atoms with Crippen molar-refractivity contribution >= 4 is 35.6 Å². The van der Waals surface area contributed by atoms with Gasteiger partial charge in [-0.1, -0.05) is 29.5 Å². The van der Waals surface area contributed by atoms with Gasteiger partial charge < -0.3 is 24.3 Å². The molecule has 1 heterocycles. The summed E-state index contributed by atoms with van der Waals surface area (Å²) in [6.45, 7) is 6.72. The van der Waals surface area contributed by atoms with Crippen LogP contribution in [-0.2, 0) is 38.1 Å². The molecule has 1 aromatic rings. The normalized spacial score (nSPS) is 25.3. The van der Waals surface area contributed by atoms with Gasteiger partial charge in [-0.3, -0.25) is 19.2 Å². The van der Waals surface area contributed by atoms with E-state index in [1.165, 1.54) is 39.5 Å². The summed E-state index contributed by atoms with van der Waals surface area (Å²) >= 11 is 1.30. The molecule has 0 radical (unpaired) electrons. The van der Waals surface area contributed by atoms with Crippen LogP contribution in [0.2, 0.25) is 0 Å². The van der Waals surface area contributed by atoms with Crippen molar-refractivity contribution in [1.29, 1.82) is 0 Å². The van der Waals surface area contributed by atoms with Crippen LogP contribution in [0.4, 0.5) is 0 Å². The summed E-state index contributed by atoms with van der Waals surface area (Å²) < 4.78 is 22.1. The highest BCUT2D eigenvalue weighted by molar-refractivity contribution is 7.99. The molecular formula is C21H27NO8S. The van der Waals surface area contributed by atoms with Crippen molar-refractivity contribution in [3.63, 3.8) is 0 Å². The zero-order valence-electron chi connectivity index (χ0n) is 18.1. The lowest BCUT2D eigenvalue weighted by molar-refractivity contribution is -0.211. The van der Waals surface area contributed by atoms with Crippen LogP contribution >= 0.6 is 11.8 Å². The van der Waals surface area contributed by atoms with Crippen molar-refractivity contribution in [2.24, 2.45) is 0 Å². The second-order valence-corrected chi connectivity index (χ2v) is 8.32. The second-order valence-electron chi connectivity index (χ2n) is 7.15. The number of carbonyl (C=O) groups excluding carboxylic acids is 4. The lowest BCUT2D eigenvalue weighted by Gasteiger charge is -2.45. The summed E-state index contributed by atoms with van der Waals surface area (Å²) in [7, 11) is 0. The molecule has 0 aliphatic carbocycles. The first kappa shape index (κ1) is 24.7. The Morgan fingerprint density at radius 1 is 0.935 bits per heavy atom. The average molecular weight is 454 g/mol. The van der Waals surface area contributed by atoms with E-state index in [0.29, 0.717) is 0 Å². The highest BCUT2D eigenvalue weighted by Crippen LogP contribution is 2.36. The van der Waals surface area contributed by atoms with Gasteiger partial charge >= 0.3 is 17.9 Å². The molecule has 9 nitrogen and oxygen atoms in total. The maximum Gasteiger partial charge on any atom is 0.303 e. The van der Waals surface area contributed by atoms with Gasteiger partial charge in [-0.05, 0) is 19.1 Å². The summed E-state index contributed by atoms with van der Waals surface area (Å²) in [4.78, 5) is 47.7. The number of ether oxygens (including phenoxy) is 4. The van der Waals surface area contributed by atoms with Gasteiger partial charge in [0.2, 0.25) is 5.91 Å². The molecule has 10 heteroatoms. The van der Waals surface area contributed by atoms with E-state index in [1.807, 2.05) is 31.2 Å². The van der Waals surface area contributed by atoms with Crippen molar-refractivity contribution in [1.82, 2.24) is 5.32 Å². The summed E-state index contributed by atoms with van der Waals surface area (Å²) in [6.07, 6.45) is -3.06. The summed E-state index contributed by atoms with van der Waals surface area (Å²) in [5.74, 6) is -2.17. The van der Waals surface area contributed by atoms with Gasteiger partial charge in [0.1, 0.15) is 24.2 Å². The zero-order chi connectivity index (χ0) is 23.1. The van der Waals surface area contributed by atoms with Crippen LogP contribution in [0.25, 0.3) is 0 Å². The molecule has 170 valence electrons. The van der Waals surface area contributed by atoms with Gasteiger partial charge in [0.15, 0.2) is 12.2 Å². The summed E-state index contributed by atoms with van der Waals surface area (Å²) in [5.41, 5.74) is 0.357. The first-order valence-corrected chi connectivity index (χ1v) is 10.6. The predicted octanol–water partition coefficient (Wildman–Crippen LogP) is 1.74. The summed E-state index contributed by atoms with van der Waals surface area (Å²) in [5, 5.41) is 2.75. The fourth-order valence-corrected chi connectivity index (χ4v) is 4.27. The third kappa shape index (κ3) is 7.55. The number of rotatable bonds is 7. The number of nitrogens with one attached hydrogen (secondary N) is 1. The van der Waals surface area contributed by atoms with E-state index < -0.39 is 47.7 Å². The standard InChI is InChI=1S/C21H27NO8S/c1-11-6-8-16(9-7-11)31-21-18(22-12(2)23)20(29-15(5)26)19(28-14(4)25)17(30-21)10-27-13(3)24/h6-9,17-21H,10H2,1-5H3,(H,22,23)/t17-,18-,19+,20-,21?/m1/s1. The van der Waals surface area contributed by atoms with Crippen LogP contribution in [0, 0.1) is 6.92 Å². The first-order valence-electron chi connectivity index (χ1n) is 9.70. The van der Waals surface area contributed by atoms with Crippen molar-refractivity contribution in [3.8, 4) is 0 Å². The minimum Gasteiger partial charge on any atom is -0.463 e. The van der Waals surface area contributed by atoms with Gasteiger partial charge in [-0.15, -0.1) is 0 Å². The van der Waals surface area contributed by atoms with Crippen molar-refractivity contribution < 1.29 is 38.1 Å². The number of esters is 3. The number of aryl methyl sites for hydroxylation is 1. The Labute approximate surface area is 185 Å². The van der Waals surface area contributed by atoms with E-state index >= 15 is 0 Å².